The number of carbonyl (C=O) groups is 1. The molecule has 36 heavy (non-hydrogen) atoms. The summed E-state index contributed by atoms with van der Waals surface area (Å²) in [4.78, 5) is 19.2. The normalized spacial score (nSPS) is 10.6. The number of nitrogens with one attached hydrogen (secondary N) is 1. The number of methoxy groups -OCH3 is 1. The van der Waals surface area contributed by atoms with Gasteiger partial charge in [-0.2, -0.15) is 0 Å². The van der Waals surface area contributed by atoms with Crippen molar-refractivity contribution in [3.63, 3.8) is 0 Å². The molecular weight excluding hydrogens is 452 g/mol. The molecule has 0 spiro atoms. The molecule has 0 saturated heterocycles. The van der Waals surface area contributed by atoms with E-state index in [1.165, 1.54) is 0 Å². The smallest absolute Gasteiger partial charge is 0.322 e. The van der Waals surface area contributed by atoms with E-state index in [0.717, 1.165) is 35.3 Å². The molecule has 0 aliphatic rings. The van der Waals surface area contributed by atoms with E-state index in [1.54, 1.807) is 19.6 Å². The predicted octanol–water partition coefficient (Wildman–Crippen LogP) is 5.90. The van der Waals surface area contributed by atoms with Crippen LogP contribution in [-0.2, 0) is 19.7 Å². The van der Waals surface area contributed by atoms with Gasteiger partial charge in [-0.3, -0.25) is 0 Å². The number of hydrogen-bond acceptors (Lipinski definition) is 4. The molecule has 0 aliphatic heterocycles. The van der Waals surface area contributed by atoms with Crippen molar-refractivity contribution in [2.45, 2.75) is 33.0 Å². The molecule has 0 unspecified atom stereocenters. The van der Waals surface area contributed by atoms with Crippen molar-refractivity contribution in [3.8, 4) is 11.5 Å². The van der Waals surface area contributed by atoms with Crippen molar-refractivity contribution >= 4 is 11.7 Å². The molecule has 0 radical (unpaired) electrons. The highest BCUT2D eigenvalue weighted by atomic mass is 16.5. The summed E-state index contributed by atoms with van der Waals surface area (Å²) in [5.41, 5.74) is 3.92. The summed E-state index contributed by atoms with van der Waals surface area (Å²) in [7, 11) is 1.63. The van der Waals surface area contributed by atoms with Crippen LogP contribution in [0.3, 0.4) is 0 Å². The first-order valence-corrected chi connectivity index (χ1v) is 12.0. The van der Waals surface area contributed by atoms with Gasteiger partial charge in [0.15, 0.2) is 11.5 Å². The summed E-state index contributed by atoms with van der Waals surface area (Å²) in [6.45, 7) is 4.27. The van der Waals surface area contributed by atoms with Crippen LogP contribution in [0.25, 0.3) is 0 Å². The summed E-state index contributed by atoms with van der Waals surface area (Å²) in [5, 5.41) is 3.04. The molecule has 7 nitrogen and oxygen atoms in total. The number of rotatable bonds is 11. The van der Waals surface area contributed by atoms with Gasteiger partial charge in [-0.1, -0.05) is 48.5 Å². The van der Waals surface area contributed by atoms with E-state index in [4.69, 9.17) is 9.47 Å². The van der Waals surface area contributed by atoms with Gasteiger partial charge in [-0.05, 0) is 54.3 Å². The van der Waals surface area contributed by atoms with Crippen LogP contribution in [0.4, 0.5) is 10.5 Å². The first-order valence-electron chi connectivity index (χ1n) is 12.0. The number of amides is 2. The Hall–Kier alpha value is -4.26. The number of urea groups is 1. The third kappa shape index (κ3) is 7.12. The number of carbonyl (C=O) groups excluding carboxylic acids is 1. The molecule has 1 N–H and O–H groups in total. The number of anilines is 1. The van der Waals surface area contributed by atoms with Gasteiger partial charge in [0, 0.05) is 37.7 Å². The fraction of sp³-hybridized carbons (Fsp3) is 0.241. The number of ether oxygens (including phenoxy) is 2. The number of imidazole rings is 1. The zero-order chi connectivity index (χ0) is 25.2. The van der Waals surface area contributed by atoms with Gasteiger partial charge in [0.1, 0.15) is 6.61 Å². The topological polar surface area (TPSA) is 68.6 Å². The Balaban J connectivity index is 1.45. The van der Waals surface area contributed by atoms with Gasteiger partial charge >= 0.3 is 6.03 Å². The molecule has 0 bridgehead atoms. The van der Waals surface area contributed by atoms with E-state index < -0.39 is 0 Å². The Kier molecular flexibility index (Phi) is 8.59. The highest BCUT2D eigenvalue weighted by molar-refractivity contribution is 5.89. The van der Waals surface area contributed by atoms with Gasteiger partial charge in [-0.15, -0.1) is 0 Å². The molecule has 186 valence electrons. The van der Waals surface area contributed by atoms with E-state index >= 15 is 0 Å². The Morgan fingerprint density at radius 3 is 2.61 bits per heavy atom. The van der Waals surface area contributed by atoms with Crippen LogP contribution in [0.15, 0.2) is 91.5 Å². The van der Waals surface area contributed by atoms with E-state index in [0.29, 0.717) is 31.2 Å². The van der Waals surface area contributed by atoms with Gasteiger partial charge in [-0.25, -0.2) is 9.78 Å². The SMILES string of the molecule is COc1cc(CN(CCCn2ccnc2)C(=O)Nc2cccc(C)c2)ccc1OCc1ccccc1. The van der Waals surface area contributed by atoms with Crippen molar-refractivity contribution < 1.29 is 14.3 Å². The minimum atomic E-state index is -0.144. The summed E-state index contributed by atoms with van der Waals surface area (Å²) in [5.74, 6) is 1.31. The maximum atomic E-state index is 13.2. The Morgan fingerprint density at radius 2 is 1.86 bits per heavy atom. The molecule has 0 saturated carbocycles. The lowest BCUT2D eigenvalue weighted by Gasteiger charge is -2.24. The molecule has 3 aromatic carbocycles. The average Bonchev–Trinajstić information content (AvgIpc) is 3.41. The third-order valence-corrected chi connectivity index (χ3v) is 5.80. The van der Waals surface area contributed by atoms with Crippen molar-refractivity contribution in [2.75, 3.05) is 19.0 Å². The van der Waals surface area contributed by atoms with Gasteiger partial charge in [0.05, 0.1) is 13.4 Å². The highest BCUT2D eigenvalue weighted by Gasteiger charge is 2.16. The summed E-state index contributed by atoms with van der Waals surface area (Å²) in [6, 6.07) is 23.5. The molecule has 2 amide bonds. The Morgan fingerprint density at radius 1 is 1.00 bits per heavy atom. The maximum Gasteiger partial charge on any atom is 0.322 e. The van der Waals surface area contributed by atoms with E-state index in [-0.39, 0.29) is 6.03 Å². The summed E-state index contributed by atoms with van der Waals surface area (Å²) < 4.78 is 13.6. The molecule has 0 fully saturated rings. The molecule has 1 heterocycles. The minimum Gasteiger partial charge on any atom is -0.493 e. The fourth-order valence-corrected chi connectivity index (χ4v) is 3.93. The lowest BCUT2D eigenvalue weighted by Crippen LogP contribution is -2.35. The first-order chi connectivity index (χ1) is 17.6. The summed E-state index contributed by atoms with van der Waals surface area (Å²) in [6.07, 6.45) is 6.27. The zero-order valence-electron chi connectivity index (χ0n) is 20.8. The number of benzene rings is 3. The molecule has 4 aromatic rings. The molecule has 1 aromatic heterocycles. The van der Waals surface area contributed by atoms with Crippen LogP contribution in [0, 0.1) is 6.92 Å². The molecule has 0 atom stereocenters. The van der Waals surface area contributed by atoms with Crippen molar-refractivity contribution in [1.82, 2.24) is 14.5 Å². The second-order valence-electron chi connectivity index (χ2n) is 8.63. The van der Waals surface area contributed by atoms with Crippen molar-refractivity contribution in [3.05, 3.63) is 108 Å². The largest absolute Gasteiger partial charge is 0.493 e. The van der Waals surface area contributed by atoms with E-state index in [9.17, 15) is 4.79 Å². The number of aryl methyl sites for hydroxylation is 2. The molecular formula is C29H32N4O3. The minimum absolute atomic E-state index is 0.144. The van der Waals surface area contributed by atoms with Crippen LogP contribution in [0.1, 0.15) is 23.1 Å². The maximum absolute atomic E-state index is 13.2. The van der Waals surface area contributed by atoms with Gasteiger partial charge in [0.25, 0.3) is 0 Å². The van der Waals surface area contributed by atoms with Crippen molar-refractivity contribution in [2.24, 2.45) is 0 Å². The van der Waals surface area contributed by atoms with Crippen LogP contribution in [-0.4, -0.2) is 34.1 Å². The third-order valence-electron chi connectivity index (χ3n) is 5.80. The molecule has 0 aliphatic carbocycles. The van der Waals surface area contributed by atoms with Crippen LogP contribution >= 0.6 is 0 Å². The number of aromatic nitrogens is 2. The molecule has 4 rings (SSSR count). The number of hydrogen-bond donors (Lipinski definition) is 1. The lowest BCUT2D eigenvalue weighted by atomic mass is 10.1. The second-order valence-corrected chi connectivity index (χ2v) is 8.63. The zero-order valence-corrected chi connectivity index (χ0v) is 20.8. The van der Waals surface area contributed by atoms with Crippen LogP contribution in [0.5, 0.6) is 11.5 Å². The fourth-order valence-electron chi connectivity index (χ4n) is 3.93. The Labute approximate surface area is 212 Å². The van der Waals surface area contributed by atoms with E-state index in [2.05, 4.69) is 10.3 Å². The van der Waals surface area contributed by atoms with Crippen molar-refractivity contribution in [1.29, 1.82) is 0 Å². The Bertz CT molecular complexity index is 1240. The standard InChI is InChI=1S/C29H32N4O3/c1-23-8-6-11-26(18-23)31-29(34)33(16-7-15-32-17-14-30-22-32)20-25-12-13-27(28(19-25)35-2)36-21-24-9-4-3-5-10-24/h3-6,8-14,17-19,22H,7,15-16,20-21H2,1-2H3,(H,31,34). The number of nitrogens with zero attached hydrogens (tertiary/aromatic N) is 3. The average molecular weight is 485 g/mol. The van der Waals surface area contributed by atoms with Gasteiger partial charge < -0.3 is 24.3 Å². The molecule has 7 heteroatoms. The van der Waals surface area contributed by atoms with Crippen LogP contribution < -0.4 is 14.8 Å². The highest BCUT2D eigenvalue weighted by Crippen LogP contribution is 2.29. The second kappa shape index (κ2) is 12.4. The first kappa shape index (κ1) is 24.9. The quantitative estimate of drug-likeness (QED) is 0.288. The summed E-state index contributed by atoms with van der Waals surface area (Å²) >= 11 is 0. The van der Waals surface area contributed by atoms with Crippen LogP contribution in [0.2, 0.25) is 0 Å². The predicted molar refractivity (Wildman–Crippen MR) is 141 cm³/mol. The monoisotopic (exact) mass is 484 g/mol. The van der Waals surface area contributed by atoms with Gasteiger partial charge in [0.2, 0.25) is 0 Å². The van der Waals surface area contributed by atoms with E-state index in [1.807, 2.05) is 95.4 Å². The lowest BCUT2D eigenvalue weighted by molar-refractivity contribution is 0.207.